The quantitative estimate of drug-likeness (QED) is 0.0478. The molecule has 0 unspecified atom stereocenters. The minimum absolute atomic E-state index is 1.24. The summed E-state index contributed by atoms with van der Waals surface area (Å²) in [6.07, 6.45) is 64.7. The Morgan fingerprint density at radius 2 is 0.312 bits per heavy atom. The molecule has 0 saturated carbocycles. The molecule has 0 aliphatic heterocycles. The van der Waals surface area contributed by atoms with Gasteiger partial charge in [-0.25, -0.2) is 0 Å². The van der Waals surface area contributed by atoms with Crippen LogP contribution in [0.15, 0.2) is 0 Å². The summed E-state index contributed by atoms with van der Waals surface area (Å²) >= 11 is 0. The number of hydrogen-bond acceptors (Lipinski definition) is 5. The number of unbranched alkanes of at least 4 members (excludes halogenated alkanes) is 42. The first-order valence-corrected chi connectivity index (χ1v) is 34.1. The van der Waals surface area contributed by atoms with Gasteiger partial charge in [0.2, 0.25) is 6.16 Å². The van der Waals surface area contributed by atoms with Crippen molar-refractivity contribution in [3.8, 4) is 0 Å². The van der Waals surface area contributed by atoms with E-state index in [1.165, 1.54) is 361 Å². The Bertz CT molecular complexity index is 902. The molecule has 0 heterocycles. The van der Waals surface area contributed by atoms with E-state index in [4.69, 9.17) is 30.0 Å². The Labute approximate surface area is 485 Å². The largest absolute Gasteiger partial charge is 0.652 e. The molecule has 468 valence electrons. The van der Waals surface area contributed by atoms with Crippen molar-refractivity contribution in [1.29, 1.82) is 0 Å². The number of hydrogen-bond donors (Lipinski definition) is 1. The monoisotopic (exact) mass is 1100 g/mol. The van der Waals surface area contributed by atoms with Crippen LogP contribution in [-0.2, 0) is 0 Å². The third-order valence-corrected chi connectivity index (χ3v) is 15.7. The number of carbonyl (C=O) groups is 2. The maximum atomic E-state index is 8.44. The molecular formula is C68H145N3O6. The highest BCUT2D eigenvalue weighted by Crippen LogP contribution is 2.17. The summed E-state index contributed by atoms with van der Waals surface area (Å²) in [7, 11) is 14.6. The van der Waals surface area contributed by atoms with E-state index in [1.807, 2.05) is 0 Å². The standard InChI is InChI=1S/3C22H48N.2CH2O3/c3*1-5-7-9-11-13-15-17-19-21-23(3,4)22-20-18-16-14-12-10-8-6-2;2*2-1(3)4/h3*5-22H2,1-4H3;2*(H2,2,3,4)/q3*+1;;/p-3. The van der Waals surface area contributed by atoms with Crippen molar-refractivity contribution >= 4 is 12.3 Å². The van der Waals surface area contributed by atoms with E-state index in [0.717, 1.165) is 0 Å². The van der Waals surface area contributed by atoms with Gasteiger partial charge in [-0.15, -0.1) is 0 Å². The molecular weight excluding hydrogens is 955 g/mol. The van der Waals surface area contributed by atoms with Crippen molar-refractivity contribution in [2.24, 2.45) is 0 Å². The molecule has 0 aromatic carbocycles. The van der Waals surface area contributed by atoms with Gasteiger partial charge in [-0.05, 0) is 83.2 Å². The van der Waals surface area contributed by atoms with Crippen LogP contribution in [0.4, 0.5) is 9.59 Å². The molecule has 0 amide bonds. The minimum atomic E-state index is -2.33. The Hall–Kier alpha value is -1.58. The molecule has 0 fully saturated rings. The third kappa shape index (κ3) is 94.1. The lowest BCUT2D eigenvalue weighted by molar-refractivity contribution is -0.890. The lowest BCUT2D eigenvalue weighted by Gasteiger charge is -2.30. The average molecular weight is 1100 g/mol. The van der Waals surface area contributed by atoms with E-state index in [0.29, 0.717) is 0 Å². The SMILES string of the molecule is CCCCCCCCCC[N+](C)(C)CCCCCCCCCC.CCCCCCCCCC[N+](C)(C)CCCCCCCCCC.CCCCCCCCCC[N+](C)(C)CCCCCCCCCC.O=C([O-])O.O=C([O-])[O-]. The molecule has 0 aliphatic rings. The summed E-state index contributed by atoms with van der Waals surface area (Å²) in [5.41, 5.74) is 0. The van der Waals surface area contributed by atoms with Gasteiger partial charge in [-0.1, -0.05) is 273 Å². The fourth-order valence-electron chi connectivity index (χ4n) is 10.4. The van der Waals surface area contributed by atoms with Crippen molar-refractivity contribution in [2.45, 2.75) is 350 Å². The first kappa shape index (κ1) is 84.2. The summed E-state index contributed by atoms with van der Waals surface area (Å²) in [4.78, 5) is 16.8. The topological polar surface area (TPSA) is 124 Å². The molecule has 0 atom stereocenters. The Morgan fingerprint density at radius 1 is 0.234 bits per heavy atom. The normalized spacial score (nSPS) is 11.4. The van der Waals surface area contributed by atoms with Crippen molar-refractivity contribution in [1.82, 2.24) is 0 Å². The van der Waals surface area contributed by atoms with Crippen LogP contribution in [0.2, 0.25) is 0 Å². The Kier molecular flexibility index (Phi) is 75.1. The highest BCUT2D eigenvalue weighted by atomic mass is 16.6. The van der Waals surface area contributed by atoms with Gasteiger partial charge in [-0.2, -0.15) is 0 Å². The summed E-state index contributed by atoms with van der Waals surface area (Å²) in [5.74, 6) is 0. The van der Waals surface area contributed by atoms with Crippen LogP contribution in [0, 0.1) is 0 Å². The van der Waals surface area contributed by atoms with E-state index >= 15 is 0 Å². The fourth-order valence-corrected chi connectivity index (χ4v) is 10.4. The van der Waals surface area contributed by atoms with Gasteiger partial charge in [0, 0.05) is 0 Å². The molecule has 0 rings (SSSR count). The highest BCUT2D eigenvalue weighted by molar-refractivity contribution is 5.50. The van der Waals surface area contributed by atoms with Crippen molar-refractivity contribution < 1.29 is 43.5 Å². The molecule has 77 heavy (non-hydrogen) atoms. The van der Waals surface area contributed by atoms with Crippen molar-refractivity contribution in [3.05, 3.63) is 0 Å². The number of carboxylic acid groups (broad SMARTS) is 4. The minimum Gasteiger partial charge on any atom is -0.652 e. The number of carbonyl (C=O) groups excluding carboxylic acids is 1. The van der Waals surface area contributed by atoms with Gasteiger partial charge in [-0.3, -0.25) is 0 Å². The molecule has 0 aliphatic carbocycles. The second-order valence-electron chi connectivity index (χ2n) is 25.5. The first-order chi connectivity index (χ1) is 36.8. The third-order valence-electron chi connectivity index (χ3n) is 15.7. The maximum Gasteiger partial charge on any atom is 0.249 e. The van der Waals surface area contributed by atoms with Gasteiger partial charge in [0.15, 0.2) is 0 Å². The molecule has 0 bridgehead atoms. The van der Waals surface area contributed by atoms with Crippen LogP contribution in [0.5, 0.6) is 0 Å². The summed E-state index contributed by atoms with van der Waals surface area (Å²) < 4.78 is 3.73. The van der Waals surface area contributed by atoms with E-state index in [-0.39, 0.29) is 0 Å². The number of nitrogens with zero attached hydrogens (tertiary/aromatic N) is 3. The number of quaternary nitrogens is 3. The molecule has 0 aromatic rings. The molecule has 1 N–H and O–H groups in total. The molecule has 0 radical (unpaired) electrons. The van der Waals surface area contributed by atoms with Crippen LogP contribution < -0.4 is 15.3 Å². The zero-order valence-corrected chi connectivity index (χ0v) is 55.0. The van der Waals surface area contributed by atoms with Crippen LogP contribution in [-0.4, -0.2) is 112 Å². The van der Waals surface area contributed by atoms with E-state index < -0.39 is 12.3 Å². The lowest BCUT2D eigenvalue weighted by atomic mass is 10.1. The van der Waals surface area contributed by atoms with Gasteiger partial charge < -0.3 is 43.5 Å². The molecule has 0 spiro atoms. The van der Waals surface area contributed by atoms with Crippen LogP contribution in [0.1, 0.15) is 350 Å². The highest BCUT2D eigenvalue weighted by Gasteiger charge is 2.16. The van der Waals surface area contributed by atoms with Gasteiger partial charge >= 0.3 is 0 Å². The van der Waals surface area contributed by atoms with Gasteiger partial charge in [0.25, 0.3) is 0 Å². The fraction of sp³-hybridized carbons (Fsp3) is 0.971. The lowest BCUT2D eigenvalue weighted by Crippen LogP contribution is -2.41. The first-order valence-electron chi connectivity index (χ1n) is 34.1. The van der Waals surface area contributed by atoms with Crippen molar-refractivity contribution in [2.75, 3.05) is 81.6 Å². The molecule has 9 nitrogen and oxygen atoms in total. The smallest absolute Gasteiger partial charge is 0.249 e. The Morgan fingerprint density at radius 3 is 0.403 bits per heavy atom. The summed E-state index contributed by atoms with van der Waals surface area (Å²) in [6.45, 7) is 22.1. The zero-order chi connectivity index (χ0) is 58.8. The van der Waals surface area contributed by atoms with Crippen LogP contribution in [0.25, 0.3) is 0 Å². The average Bonchev–Trinajstić information content (AvgIpc) is 3.36. The van der Waals surface area contributed by atoms with Crippen molar-refractivity contribution in [3.63, 3.8) is 0 Å². The van der Waals surface area contributed by atoms with E-state index in [1.54, 1.807) is 0 Å². The van der Waals surface area contributed by atoms with Gasteiger partial charge in [0.05, 0.1) is 81.6 Å². The second kappa shape index (κ2) is 68.7. The summed E-state index contributed by atoms with van der Waals surface area (Å²) in [5, 5.41) is 32.0. The van der Waals surface area contributed by atoms with E-state index in [2.05, 4.69) is 83.8 Å². The maximum absolute atomic E-state index is 8.44. The van der Waals surface area contributed by atoms with Gasteiger partial charge in [0.1, 0.15) is 0 Å². The molecule has 0 aromatic heterocycles. The van der Waals surface area contributed by atoms with Crippen LogP contribution >= 0.6 is 0 Å². The number of rotatable bonds is 54. The second-order valence-corrected chi connectivity index (χ2v) is 25.5. The molecule has 0 saturated heterocycles. The Balaban J connectivity index is -0.000000313. The summed E-state index contributed by atoms with van der Waals surface area (Å²) in [6, 6.07) is 0. The van der Waals surface area contributed by atoms with Crippen LogP contribution in [0.3, 0.4) is 0 Å². The van der Waals surface area contributed by atoms with E-state index in [9.17, 15) is 0 Å². The molecule has 9 heteroatoms. The zero-order valence-electron chi connectivity index (χ0n) is 55.0. The predicted octanol–water partition coefficient (Wildman–Crippen LogP) is 18.5. The predicted molar refractivity (Wildman–Crippen MR) is 335 cm³/mol.